The van der Waals surface area contributed by atoms with Gasteiger partial charge in [-0.15, -0.1) is 0 Å². The fourth-order valence-electron chi connectivity index (χ4n) is 1.90. The minimum atomic E-state index is -1.26. The second-order valence-electron chi connectivity index (χ2n) is 4.30. The standard InChI is InChI=1S/C16H13FO4/c1-21-13-8-11(15(16(19)20)14(18)9-13)6-5-10-3-2-4-12(17)7-10/h2-9,18H,1H3,(H,19,20)/b6-5+. The van der Waals surface area contributed by atoms with Crippen LogP contribution in [0.4, 0.5) is 4.39 Å². The molecule has 2 aromatic carbocycles. The highest BCUT2D eigenvalue weighted by Crippen LogP contribution is 2.29. The zero-order valence-corrected chi connectivity index (χ0v) is 11.2. The summed E-state index contributed by atoms with van der Waals surface area (Å²) < 4.78 is 18.1. The average molecular weight is 288 g/mol. The molecule has 2 rings (SSSR count). The van der Waals surface area contributed by atoms with Gasteiger partial charge in [0.2, 0.25) is 0 Å². The Hall–Kier alpha value is -2.82. The maximum atomic E-state index is 13.1. The van der Waals surface area contributed by atoms with Gasteiger partial charge >= 0.3 is 5.97 Å². The van der Waals surface area contributed by atoms with Gasteiger partial charge in [0.05, 0.1) is 7.11 Å². The average Bonchev–Trinajstić information content (AvgIpc) is 2.44. The zero-order valence-electron chi connectivity index (χ0n) is 11.2. The van der Waals surface area contributed by atoms with Gasteiger partial charge in [0.25, 0.3) is 0 Å². The van der Waals surface area contributed by atoms with Gasteiger partial charge in [-0.1, -0.05) is 24.3 Å². The molecule has 0 aliphatic carbocycles. The molecule has 0 heterocycles. The SMILES string of the molecule is COc1cc(O)c(C(=O)O)c(/C=C/c2cccc(F)c2)c1. The van der Waals surface area contributed by atoms with Gasteiger partial charge in [-0.05, 0) is 29.3 Å². The summed E-state index contributed by atoms with van der Waals surface area (Å²) in [5, 5.41) is 18.9. The quantitative estimate of drug-likeness (QED) is 0.846. The lowest BCUT2D eigenvalue weighted by Gasteiger charge is -2.07. The summed E-state index contributed by atoms with van der Waals surface area (Å²) in [5.74, 6) is -1.70. The molecule has 2 N–H and O–H groups in total. The van der Waals surface area contributed by atoms with Crippen LogP contribution in [-0.4, -0.2) is 23.3 Å². The number of carbonyl (C=O) groups is 1. The number of hydrogen-bond donors (Lipinski definition) is 2. The third kappa shape index (κ3) is 3.39. The van der Waals surface area contributed by atoms with Gasteiger partial charge in [0.1, 0.15) is 22.9 Å². The Morgan fingerprint density at radius 2 is 2.00 bits per heavy atom. The Balaban J connectivity index is 2.47. The first-order valence-corrected chi connectivity index (χ1v) is 6.09. The molecule has 0 aliphatic heterocycles. The van der Waals surface area contributed by atoms with Crippen molar-refractivity contribution in [3.63, 3.8) is 0 Å². The van der Waals surface area contributed by atoms with Crippen molar-refractivity contribution in [3.8, 4) is 11.5 Å². The lowest BCUT2D eigenvalue weighted by Crippen LogP contribution is -2.01. The second kappa shape index (κ2) is 6.09. The van der Waals surface area contributed by atoms with E-state index < -0.39 is 5.97 Å². The van der Waals surface area contributed by atoms with E-state index in [1.807, 2.05) is 0 Å². The molecule has 0 amide bonds. The van der Waals surface area contributed by atoms with Gasteiger partial charge < -0.3 is 14.9 Å². The van der Waals surface area contributed by atoms with Crippen molar-refractivity contribution >= 4 is 18.1 Å². The number of methoxy groups -OCH3 is 1. The van der Waals surface area contributed by atoms with Gasteiger partial charge in [-0.3, -0.25) is 0 Å². The van der Waals surface area contributed by atoms with E-state index >= 15 is 0 Å². The maximum Gasteiger partial charge on any atom is 0.340 e. The van der Waals surface area contributed by atoms with Crippen LogP contribution in [0.1, 0.15) is 21.5 Å². The highest BCUT2D eigenvalue weighted by atomic mass is 19.1. The fraction of sp³-hybridized carbons (Fsp3) is 0.0625. The molecule has 2 aromatic rings. The Kier molecular flexibility index (Phi) is 4.23. The molecule has 0 bridgehead atoms. The summed E-state index contributed by atoms with van der Waals surface area (Å²) in [5.41, 5.74) is 0.612. The van der Waals surface area contributed by atoms with Gasteiger partial charge in [-0.25, -0.2) is 9.18 Å². The lowest BCUT2D eigenvalue weighted by atomic mass is 10.0. The van der Waals surface area contributed by atoms with Crippen molar-refractivity contribution in [2.45, 2.75) is 0 Å². The number of hydrogen-bond acceptors (Lipinski definition) is 3. The number of halogens is 1. The van der Waals surface area contributed by atoms with Crippen LogP contribution in [-0.2, 0) is 0 Å². The topological polar surface area (TPSA) is 66.8 Å². The fourth-order valence-corrected chi connectivity index (χ4v) is 1.90. The molecule has 0 saturated heterocycles. The van der Waals surface area contributed by atoms with Crippen molar-refractivity contribution < 1.29 is 24.1 Å². The van der Waals surface area contributed by atoms with Gasteiger partial charge in [0.15, 0.2) is 0 Å². The van der Waals surface area contributed by atoms with Crippen LogP contribution in [0.3, 0.4) is 0 Å². The Bertz CT molecular complexity index is 707. The molecule has 4 nitrogen and oxygen atoms in total. The van der Waals surface area contributed by atoms with Crippen LogP contribution in [0, 0.1) is 5.82 Å². The van der Waals surface area contributed by atoms with Crippen molar-refractivity contribution in [2.75, 3.05) is 7.11 Å². The summed E-state index contributed by atoms with van der Waals surface area (Å²) in [4.78, 5) is 11.2. The number of phenols is 1. The van der Waals surface area contributed by atoms with Crippen LogP contribution < -0.4 is 4.74 Å². The Morgan fingerprint density at radius 3 is 2.62 bits per heavy atom. The van der Waals surface area contributed by atoms with Crippen molar-refractivity contribution in [1.29, 1.82) is 0 Å². The zero-order chi connectivity index (χ0) is 15.4. The first kappa shape index (κ1) is 14.6. The molecule has 5 heteroatoms. The molecule has 0 atom stereocenters. The van der Waals surface area contributed by atoms with Crippen LogP contribution in [0.15, 0.2) is 36.4 Å². The predicted octanol–water partition coefficient (Wildman–Crippen LogP) is 3.41. The van der Waals surface area contributed by atoms with Crippen LogP contribution in [0.25, 0.3) is 12.2 Å². The normalized spacial score (nSPS) is 10.8. The predicted molar refractivity (Wildman–Crippen MR) is 76.9 cm³/mol. The van der Waals surface area contributed by atoms with Crippen LogP contribution in [0.5, 0.6) is 11.5 Å². The summed E-state index contributed by atoms with van der Waals surface area (Å²) in [7, 11) is 1.41. The van der Waals surface area contributed by atoms with Crippen molar-refractivity contribution in [2.24, 2.45) is 0 Å². The van der Waals surface area contributed by atoms with Gasteiger partial charge in [0, 0.05) is 6.07 Å². The molecular formula is C16H13FO4. The highest BCUT2D eigenvalue weighted by Gasteiger charge is 2.15. The maximum absolute atomic E-state index is 13.1. The van der Waals surface area contributed by atoms with E-state index in [-0.39, 0.29) is 22.7 Å². The molecule has 0 aliphatic rings. The molecule has 21 heavy (non-hydrogen) atoms. The first-order valence-electron chi connectivity index (χ1n) is 6.09. The number of ether oxygens (including phenoxy) is 1. The number of aromatic hydroxyl groups is 1. The second-order valence-corrected chi connectivity index (χ2v) is 4.30. The largest absolute Gasteiger partial charge is 0.507 e. The number of carboxylic acid groups (broad SMARTS) is 1. The molecule has 0 unspecified atom stereocenters. The lowest BCUT2D eigenvalue weighted by molar-refractivity contribution is 0.0693. The minimum Gasteiger partial charge on any atom is -0.507 e. The van der Waals surface area contributed by atoms with E-state index in [2.05, 4.69) is 0 Å². The summed E-state index contributed by atoms with van der Waals surface area (Å²) in [6, 6.07) is 8.58. The van der Waals surface area contributed by atoms with E-state index in [1.165, 1.54) is 37.5 Å². The summed E-state index contributed by atoms with van der Waals surface area (Å²) >= 11 is 0. The van der Waals surface area contributed by atoms with Gasteiger partial charge in [-0.2, -0.15) is 0 Å². The van der Waals surface area contributed by atoms with Crippen LogP contribution >= 0.6 is 0 Å². The number of carboxylic acids is 1. The number of rotatable bonds is 4. The third-order valence-electron chi connectivity index (χ3n) is 2.88. The molecule has 0 spiro atoms. The Morgan fingerprint density at radius 1 is 1.24 bits per heavy atom. The molecular weight excluding hydrogens is 275 g/mol. The van der Waals surface area contributed by atoms with E-state index in [0.29, 0.717) is 11.3 Å². The molecule has 0 aromatic heterocycles. The molecule has 108 valence electrons. The molecule has 0 saturated carbocycles. The highest BCUT2D eigenvalue weighted by molar-refractivity contribution is 5.96. The smallest absolute Gasteiger partial charge is 0.340 e. The minimum absolute atomic E-state index is 0.233. The number of aromatic carboxylic acids is 1. The van der Waals surface area contributed by atoms with E-state index in [0.717, 1.165) is 0 Å². The Labute approximate surface area is 120 Å². The molecule has 0 radical (unpaired) electrons. The molecule has 0 fully saturated rings. The van der Waals surface area contributed by atoms with E-state index in [9.17, 15) is 14.3 Å². The van der Waals surface area contributed by atoms with E-state index in [4.69, 9.17) is 9.84 Å². The van der Waals surface area contributed by atoms with E-state index in [1.54, 1.807) is 18.2 Å². The van der Waals surface area contributed by atoms with Crippen molar-refractivity contribution in [1.82, 2.24) is 0 Å². The first-order chi connectivity index (χ1) is 10.0. The van der Waals surface area contributed by atoms with Crippen molar-refractivity contribution in [3.05, 3.63) is 58.9 Å². The summed E-state index contributed by atoms with van der Waals surface area (Å²) in [6.07, 6.45) is 3.05. The monoisotopic (exact) mass is 288 g/mol. The third-order valence-corrected chi connectivity index (χ3v) is 2.88. The van der Waals surface area contributed by atoms with Crippen LogP contribution in [0.2, 0.25) is 0 Å². The summed E-state index contributed by atoms with van der Waals surface area (Å²) in [6.45, 7) is 0. The number of benzene rings is 2.